The Morgan fingerprint density at radius 1 is 1.33 bits per heavy atom. The summed E-state index contributed by atoms with van der Waals surface area (Å²) in [5.74, 6) is 0.530. The van der Waals surface area contributed by atoms with Crippen molar-refractivity contribution in [2.75, 3.05) is 10.7 Å². The number of aromatic nitrogens is 2. The maximum atomic E-state index is 12.9. The molecule has 0 saturated heterocycles. The van der Waals surface area contributed by atoms with Gasteiger partial charge in [0, 0.05) is 17.1 Å². The first kappa shape index (κ1) is 15.6. The molecule has 3 aromatic rings. The maximum Gasteiger partial charge on any atom is 0.237 e. The number of hydrogen-bond acceptors (Lipinski definition) is 5. The van der Waals surface area contributed by atoms with Gasteiger partial charge in [-0.2, -0.15) is 0 Å². The number of nitrogens with zero attached hydrogens (tertiary/aromatic N) is 3. The molecule has 0 N–H and O–H groups in total. The second-order valence-electron chi connectivity index (χ2n) is 5.89. The lowest BCUT2D eigenvalue weighted by Crippen LogP contribution is -2.43. The minimum atomic E-state index is 0.140. The zero-order chi connectivity index (χ0) is 16.5. The molecule has 6 heteroatoms. The van der Waals surface area contributed by atoms with Gasteiger partial charge in [0.2, 0.25) is 5.91 Å². The summed E-state index contributed by atoms with van der Waals surface area (Å²) in [7, 11) is 0. The van der Waals surface area contributed by atoms with Crippen LogP contribution in [-0.4, -0.2) is 27.7 Å². The van der Waals surface area contributed by atoms with Crippen LogP contribution in [0, 0.1) is 0 Å². The molecule has 0 fully saturated rings. The first-order chi connectivity index (χ1) is 11.7. The summed E-state index contributed by atoms with van der Waals surface area (Å²) in [6, 6.07) is 10.5. The lowest BCUT2D eigenvalue weighted by Gasteiger charge is -2.35. The minimum absolute atomic E-state index is 0.140. The van der Waals surface area contributed by atoms with Gasteiger partial charge in [0.1, 0.15) is 16.2 Å². The quantitative estimate of drug-likeness (QED) is 0.523. The van der Waals surface area contributed by atoms with Crippen LogP contribution in [0.1, 0.15) is 18.9 Å². The summed E-state index contributed by atoms with van der Waals surface area (Å²) in [4.78, 5) is 24.4. The normalized spacial score (nSPS) is 17.0. The average molecular weight is 355 g/mol. The number of carbonyl (C=O) groups is 1. The number of anilines is 1. The van der Waals surface area contributed by atoms with Gasteiger partial charge < -0.3 is 4.90 Å². The van der Waals surface area contributed by atoms with Gasteiger partial charge in [-0.15, -0.1) is 11.3 Å². The van der Waals surface area contributed by atoms with Crippen LogP contribution in [0.3, 0.4) is 0 Å². The Labute approximate surface area is 148 Å². The van der Waals surface area contributed by atoms with Gasteiger partial charge in [-0.25, -0.2) is 9.97 Å². The van der Waals surface area contributed by atoms with E-state index < -0.39 is 0 Å². The molecule has 0 radical (unpaired) electrons. The van der Waals surface area contributed by atoms with E-state index in [0.29, 0.717) is 5.75 Å². The van der Waals surface area contributed by atoms with Crippen LogP contribution >= 0.6 is 23.1 Å². The van der Waals surface area contributed by atoms with Gasteiger partial charge in [-0.1, -0.05) is 30.0 Å². The van der Waals surface area contributed by atoms with Crippen molar-refractivity contribution in [1.82, 2.24) is 9.97 Å². The molecule has 4 rings (SSSR count). The fourth-order valence-electron chi connectivity index (χ4n) is 3.15. The standard InChI is InChI=1S/C18H17N3OS2/c1-12-6-7-13-4-2-3-5-15(13)21(12)16(22)10-24-18-14-8-9-23-17(14)19-11-20-18/h2-5,8-9,11-12H,6-7,10H2,1H3/t12-/m0/s1. The number of hydrogen-bond donors (Lipinski definition) is 0. The van der Waals surface area contributed by atoms with Crippen LogP contribution < -0.4 is 4.90 Å². The van der Waals surface area contributed by atoms with E-state index in [1.165, 1.54) is 17.3 Å². The average Bonchev–Trinajstić information content (AvgIpc) is 3.09. The summed E-state index contributed by atoms with van der Waals surface area (Å²) < 4.78 is 0. The Balaban J connectivity index is 1.55. The Kier molecular flexibility index (Phi) is 4.24. The molecule has 0 spiro atoms. The Morgan fingerprint density at radius 3 is 3.12 bits per heavy atom. The molecule has 0 saturated carbocycles. The van der Waals surface area contributed by atoms with Crippen LogP contribution in [-0.2, 0) is 11.2 Å². The molecular formula is C18H17N3OS2. The highest BCUT2D eigenvalue weighted by Gasteiger charge is 2.27. The van der Waals surface area contributed by atoms with Crippen LogP contribution in [0.25, 0.3) is 10.2 Å². The van der Waals surface area contributed by atoms with Crippen molar-refractivity contribution < 1.29 is 4.79 Å². The van der Waals surface area contributed by atoms with Crippen molar-refractivity contribution >= 4 is 44.9 Å². The highest BCUT2D eigenvalue weighted by molar-refractivity contribution is 8.00. The molecule has 2 aromatic heterocycles. The van der Waals surface area contributed by atoms with E-state index in [4.69, 9.17) is 0 Å². The number of rotatable bonds is 3. The predicted molar refractivity (Wildman–Crippen MR) is 99.9 cm³/mol. The predicted octanol–water partition coefficient (Wildman–Crippen LogP) is 4.15. The summed E-state index contributed by atoms with van der Waals surface area (Å²) in [5.41, 5.74) is 2.32. The van der Waals surface area contributed by atoms with Crippen molar-refractivity contribution in [3.05, 3.63) is 47.6 Å². The second kappa shape index (κ2) is 6.53. The van der Waals surface area contributed by atoms with Crippen molar-refractivity contribution in [3.8, 4) is 0 Å². The van der Waals surface area contributed by atoms with Crippen LogP contribution in [0.2, 0.25) is 0 Å². The molecule has 1 aliphatic rings. The zero-order valence-corrected chi connectivity index (χ0v) is 14.9. The fourth-order valence-corrected chi connectivity index (χ4v) is 4.79. The third kappa shape index (κ3) is 2.80. The van der Waals surface area contributed by atoms with E-state index in [9.17, 15) is 4.79 Å². The minimum Gasteiger partial charge on any atom is -0.309 e. The zero-order valence-electron chi connectivity index (χ0n) is 13.3. The van der Waals surface area contributed by atoms with Gasteiger partial charge in [0.25, 0.3) is 0 Å². The van der Waals surface area contributed by atoms with Crippen LogP contribution in [0.4, 0.5) is 5.69 Å². The maximum absolute atomic E-state index is 12.9. The molecule has 3 heterocycles. The third-order valence-electron chi connectivity index (χ3n) is 4.35. The van der Waals surface area contributed by atoms with Crippen molar-refractivity contribution in [3.63, 3.8) is 0 Å². The van der Waals surface area contributed by atoms with Gasteiger partial charge in [-0.05, 0) is 42.8 Å². The third-order valence-corrected chi connectivity index (χ3v) is 6.16. The van der Waals surface area contributed by atoms with E-state index in [-0.39, 0.29) is 11.9 Å². The number of fused-ring (bicyclic) bond motifs is 2. The monoisotopic (exact) mass is 355 g/mol. The fraction of sp³-hybridized carbons (Fsp3) is 0.278. The number of thioether (sulfide) groups is 1. The van der Waals surface area contributed by atoms with E-state index in [0.717, 1.165) is 33.8 Å². The van der Waals surface area contributed by atoms with E-state index >= 15 is 0 Å². The highest BCUT2D eigenvalue weighted by atomic mass is 32.2. The topological polar surface area (TPSA) is 46.1 Å². The Bertz CT molecular complexity index is 893. The number of para-hydroxylation sites is 1. The molecular weight excluding hydrogens is 338 g/mol. The molecule has 1 aliphatic heterocycles. The molecule has 0 aliphatic carbocycles. The smallest absolute Gasteiger partial charge is 0.237 e. The van der Waals surface area contributed by atoms with Gasteiger partial charge in [-0.3, -0.25) is 4.79 Å². The molecule has 1 aromatic carbocycles. The SMILES string of the molecule is C[C@H]1CCc2ccccc2N1C(=O)CSc1ncnc2sccc12. The van der Waals surface area contributed by atoms with Gasteiger partial charge in [0.15, 0.2) is 0 Å². The lowest BCUT2D eigenvalue weighted by molar-refractivity contribution is -0.116. The largest absolute Gasteiger partial charge is 0.309 e. The molecule has 1 atom stereocenters. The molecule has 4 nitrogen and oxygen atoms in total. The molecule has 1 amide bonds. The number of carbonyl (C=O) groups excluding carboxylic acids is 1. The highest BCUT2D eigenvalue weighted by Crippen LogP contribution is 2.32. The first-order valence-corrected chi connectivity index (χ1v) is 9.81. The summed E-state index contributed by atoms with van der Waals surface area (Å²) >= 11 is 3.09. The Hall–Kier alpha value is -1.92. The van der Waals surface area contributed by atoms with Gasteiger partial charge in [0.05, 0.1) is 5.75 Å². The number of amides is 1. The van der Waals surface area contributed by atoms with Crippen molar-refractivity contribution in [2.45, 2.75) is 30.8 Å². The summed E-state index contributed by atoms with van der Waals surface area (Å²) in [6.45, 7) is 2.13. The van der Waals surface area contributed by atoms with E-state index in [2.05, 4.69) is 29.0 Å². The van der Waals surface area contributed by atoms with Crippen LogP contribution in [0.15, 0.2) is 47.1 Å². The number of thiophene rings is 1. The van der Waals surface area contributed by atoms with E-state index in [1.54, 1.807) is 17.7 Å². The second-order valence-corrected chi connectivity index (χ2v) is 7.75. The first-order valence-electron chi connectivity index (χ1n) is 7.95. The lowest BCUT2D eigenvalue weighted by atomic mass is 9.97. The van der Waals surface area contributed by atoms with Crippen LogP contribution in [0.5, 0.6) is 0 Å². The molecule has 0 bridgehead atoms. The molecule has 0 unspecified atom stereocenters. The number of aryl methyl sites for hydroxylation is 1. The Morgan fingerprint density at radius 2 is 2.21 bits per heavy atom. The molecule has 24 heavy (non-hydrogen) atoms. The summed E-state index contributed by atoms with van der Waals surface area (Å²) in [5, 5.41) is 3.92. The van der Waals surface area contributed by atoms with Crippen molar-refractivity contribution in [2.24, 2.45) is 0 Å². The van der Waals surface area contributed by atoms with Crippen molar-refractivity contribution in [1.29, 1.82) is 0 Å². The van der Waals surface area contributed by atoms with Gasteiger partial charge >= 0.3 is 0 Å². The number of benzene rings is 1. The molecule has 122 valence electrons. The summed E-state index contributed by atoms with van der Waals surface area (Å²) in [6.07, 6.45) is 3.62. The van der Waals surface area contributed by atoms with E-state index in [1.807, 2.05) is 28.5 Å².